The highest BCUT2D eigenvalue weighted by Gasteiger charge is 2.57. The van der Waals surface area contributed by atoms with Crippen LogP contribution in [0.2, 0.25) is 0 Å². The molecule has 0 spiro atoms. The number of methoxy groups -OCH3 is 2. The highest BCUT2D eigenvalue weighted by Crippen LogP contribution is 2.52. The van der Waals surface area contributed by atoms with E-state index in [0.29, 0.717) is 18.4 Å². The van der Waals surface area contributed by atoms with Gasteiger partial charge in [-0.2, -0.15) is 0 Å². The summed E-state index contributed by atoms with van der Waals surface area (Å²) >= 11 is 0. The second-order valence-electron chi connectivity index (χ2n) is 16.5. The van der Waals surface area contributed by atoms with Crippen molar-refractivity contribution in [2.45, 2.75) is 213 Å². The summed E-state index contributed by atoms with van der Waals surface area (Å²) in [5.74, 6) is -5.03. The fourth-order valence-electron chi connectivity index (χ4n) is 9.11. The van der Waals surface area contributed by atoms with Gasteiger partial charge in [-0.1, -0.05) is 192 Å². The first-order valence-corrected chi connectivity index (χ1v) is 23.2. The number of allylic oxidation sites excluding steroid dienone is 1. The Hall–Kier alpha value is -2.44. The Morgan fingerprint density at radius 2 is 0.909 bits per heavy atom. The topological polar surface area (TPSA) is 96.0 Å². The molecule has 4 atom stereocenters. The Balaban J connectivity index is 2.01. The Morgan fingerprint density at radius 3 is 1.29 bits per heavy atom. The van der Waals surface area contributed by atoms with Gasteiger partial charge in [-0.25, -0.2) is 4.79 Å². The number of esters is 3. The molecule has 7 nitrogen and oxygen atoms in total. The first-order valence-electron chi connectivity index (χ1n) is 23.2. The van der Waals surface area contributed by atoms with E-state index >= 15 is 0 Å². The van der Waals surface area contributed by atoms with E-state index in [1.807, 2.05) is 6.08 Å². The lowest BCUT2D eigenvalue weighted by atomic mass is 9.65. The molecule has 0 N–H and O–H groups in total. The Labute approximate surface area is 336 Å². The lowest BCUT2D eigenvalue weighted by molar-refractivity contribution is -0.154. The first-order chi connectivity index (χ1) is 26.9. The highest BCUT2D eigenvalue weighted by atomic mass is 16.5. The number of carbonyl (C=O) groups excluding carboxylic acids is 4. The molecule has 0 amide bonds. The van der Waals surface area contributed by atoms with E-state index in [4.69, 9.17) is 14.2 Å². The molecule has 55 heavy (non-hydrogen) atoms. The molecule has 0 fully saturated rings. The zero-order valence-electron chi connectivity index (χ0n) is 36.2. The van der Waals surface area contributed by atoms with Gasteiger partial charge in [0, 0.05) is 11.8 Å². The Morgan fingerprint density at radius 1 is 0.509 bits per heavy atom. The van der Waals surface area contributed by atoms with E-state index in [9.17, 15) is 19.2 Å². The molecular weight excluding hydrogens is 689 g/mol. The summed E-state index contributed by atoms with van der Waals surface area (Å²) in [5, 5.41) is 0. The molecule has 7 heteroatoms. The van der Waals surface area contributed by atoms with Crippen LogP contribution in [0.3, 0.4) is 0 Å². The number of ether oxygens (including phenoxy) is 3. The minimum Gasteiger partial charge on any atom is -0.469 e. The van der Waals surface area contributed by atoms with Crippen LogP contribution >= 0.6 is 0 Å². The monoisotopic (exact) mass is 771 g/mol. The average Bonchev–Trinajstić information content (AvgIpc) is 3.48. The van der Waals surface area contributed by atoms with Gasteiger partial charge in [0.15, 0.2) is 5.78 Å². The van der Waals surface area contributed by atoms with Crippen molar-refractivity contribution in [3.05, 3.63) is 22.8 Å². The molecule has 2 aliphatic rings. The molecule has 0 heterocycles. The molecule has 0 radical (unpaired) electrons. The van der Waals surface area contributed by atoms with Crippen LogP contribution in [0.25, 0.3) is 0 Å². The van der Waals surface area contributed by atoms with Gasteiger partial charge in [-0.05, 0) is 38.2 Å². The van der Waals surface area contributed by atoms with Gasteiger partial charge in [0.05, 0.1) is 32.7 Å². The van der Waals surface area contributed by atoms with Crippen molar-refractivity contribution in [3.63, 3.8) is 0 Å². The number of fused-ring (bicyclic) bond motifs is 1. The van der Waals surface area contributed by atoms with E-state index in [2.05, 4.69) is 13.8 Å². The van der Waals surface area contributed by atoms with Crippen molar-refractivity contribution < 1.29 is 33.4 Å². The van der Waals surface area contributed by atoms with E-state index in [0.717, 1.165) is 44.1 Å². The largest absolute Gasteiger partial charge is 0.469 e. The van der Waals surface area contributed by atoms with E-state index in [-0.39, 0.29) is 12.2 Å². The van der Waals surface area contributed by atoms with Gasteiger partial charge < -0.3 is 14.2 Å². The quantitative estimate of drug-likeness (QED) is 0.0211. The lowest BCUT2D eigenvalue weighted by Crippen LogP contribution is -2.43. The summed E-state index contributed by atoms with van der Waals surface area (Å²) in [4.78, 5) is 54.5. The molecule has 0 saturated carbocycles. The van der Waals surface area contributed by atoms with Crippen molar-refractivity contribution in [2.75, 3.05) is 20.8 Å². The number of hydrogen-bond acceptors (Lipinski definition) is 7. The van der Waals surface area contributed by atoms with Crippen molar-refractivity contribution in [1.29, 1.82) is 0 Å². The third-order valence-electron chi connectivity index (χ3n) is 12.2. The minimum absolute atomic E-state index is 0.0292. The summed E-state index contributed by atoms with van der Waals surface area (Å²) in [6.07, 6.45) is 37.9. The smallest absolute Gasteiger partial charge is 0.341 e. The van der Waals surface area contributed by atoms with Crippen molar-refractivity contribution in [1.82, 2.24) is 0 Å². The third-order valence-corrected chi connectivity index (χ3v) is 12.2. The van der Waals surface area contributed by atoms with Crippen molar-refractivity contribution in [2.24, 2.45) is 23.7 Å². The summed E-state index contributed by atoms with van der Waals surface area (Å²) in [7, 11) is 2.67. The Kier molecular flexibility index (Phi) is 27.2. The summed E-state index contributed by atoms with van der Waals surface area (Å²) in [6, 6.07) is 0. The number of carbonyl (C=O) groups is 4. The van der Waals surface area contributed by atoms with Gasteiger partial charge in [0.1, 0.15) is 5.57 Å². The van der Waals surface area contributed by atoms with Crippen LogP contribution in [-0.2, 0) is 33.4 Å². The number of unbranched alkanes of at least 4 members (excludes halogenated alkanes) is 26. The number of hydrogen-bond donors (Lipinski definition) is 0. The van der Waals surface area contributed by atoms with Crippen LogP contribution < -0.4 is 0 Å². The summed E-state index contributed by atoms with van der Waals surface area (Å²) in [5.41, 5.74) is 1.53. The van der Waals surface area contributed by atoms with Crippen LogP contribution in [0.5, 0.6) is 0 Å². The molecule has 0 aromatic heterocycles. The standard InChI is InChI=1S/C48H82O7/c1-6-9-11-13-15-17-19-21-23-25-27-29-31-33-35-38-37-40(46(50)55-8-3)43-42(41(38)47(51)53-4)39(44(45(43)49)48(52)54-5)36-34-32-30-28-26-24-22-20-18-16-14-12-10-7-2/h37,40-43H,6-36H2,1-5H3/t40-,41-,42+,43-/m1/s1. The SMILES string of the molecule is CCCCCCCCCCCCCCCCC1=C[C@@H](C(=O)OCC)[C@H]2C(=O)C(C(=O)OC)=C(CCCCCCCCCCCCCCCC)[C@H]2[C@@H]1C(=O)OC. The molecule has 0 aromatic carbocycles. The third kappa shape index (κ3) is 17.7. The second kappa shape index (κ2) is 30.7. The summed E-state index contributed by atoms with van der Waals surface area (Å²) in [6.45, 7) is 6.47. The fraction of sp³-hybridized carbons (Fsp3) is 0.833. The van der Waals surface area contributed by atoms with Crippen molar-refractivity contribution in [3.8, 4) is 0 Å². The molecule has 0 bridgehead atoms. The molecule has 2 rings (SSSR count). The van der Waals surface area contributed by atoms with Gasteiger partial charge in [-0.3, -0.25) is 14.4 Å². The molecule has 0 aromatic rings. The molecule has 2 aliphatic carbocycles. The number of Topliss-reactive ketones (excluding diaryl/α,β-unsaturated/α-hetero) is 1. The Bertz CT molecular complexity index is 1150. The van der Waals surface area contributed by atoms with Crippen LogP contribution in [-0.4, -0.2) is 44.5 Å². The maximum Gasteiger partial charge on any atom is 0.341 e. The fourth-order valence-corrected chi connectivity index (χ4v) is 9.11. The average molecular weight is 771 g/mol. The van der Waals surface area contributed by atoms with Crippen LogP contribution in [0.15, 0.2) is 22.8 Å². The summed E-state index contributed by atoms with van der Waals surface area (Å²) < 4.78 is 16.0. The predicted octanol–water partition coefficient (Wildman–Crippen LogP) is 12.9. The van der Waals surface area contributed by atoms with E-state index < -0.39 is 47.4 Å². The lowest BCUT2D eigenvalue weighted by Gasteiger charge is -2.37. The zero-order chi connectivity index (χ0) is 40.1. The molecular formula is C48H82O7. The van der Waals surface area contributed by atoms with Crippen LogP contribution in [0, 0.1) is 23.7 Å². The van der Waals surface area contributed by atoms with Gasteiger partial charge in [0.25, 0.3) is 0 Å². The zero-order valence-corrected chi connectivity index (χ0v) is 36.2. The van der Waals surface area contributed by atoms with Gasteiger partial charge in [-0.15, -0.1) is 0 Å². The molecule has 316 valence electrons. The highest BCUT2D eigenvalue weighted by molar-refractivity contribution is 6.22. The normalized spacial score (nSPS) is 19.4. The van der Waals surface area contributed by atoms with E-state index in [1.165, 1.54) is 155 Å². The number of rotatable bonds is 34. The first kappa shape index (κ1) is 48.7. The van der Waals surface area contributed by atoms with Gasteiger partial charge >= 0.3 is 17.9 Å². The van der Waals surface area contributed by atoms with Crippen LogP contribution in [0.1, 0.15) is 213 Å². The predicted molar refractivity (Wildman–Crippen MR) is 225 cm³/mol. The second-order valence-corrected chi connectivity index (χ2v) is 16.5. The van der Waals surface area contributed by atoms with E-state index in [1.54, 1.807) is 6.92 Å². The molecule has 0 unspecified atom stereocenters. The van der Waals surface area contributed by atoms with Gasteiger partial charge in [0.2, 0.25) is 0 Å². The maximum atomic E-state index is 14.1. The van der Waals surface area contributed by atoms with Crippen LogP contribution in [0.4, 0.5) is 0 Å². The van der Waals surface area contributed by atoms with Crippen molar-refractivity contribution >= 4 is 23.7 Å². The molecule has 0 aliphatic heterocycles. The molecule has 0 saturated heterocycles. The maximum absolute atomic E-state index is 14.1. The minimum atomic E-state index is -0.876. The number of ketones is 1.